The molecule has 0 unspecified atom stereocenters. The Kier molecular flexibility index (Phi) is 4.84. The standard InChI is InChI=1S/C18H15IN2O3/c1-2-24-15-9-3-12(4-10-15)11-16-17(22)20-21(18(16)23)14-7-5-13(19)6-8-14/h3-11H,2H2,1H3,(H,20,22)/b16-11-. The molecule has 2 amide bonds. The van der Waals surface area contributed by atoms with E-state index in [1.807, 2.05) is 43.3 Å². The molecule has 24 heavy (non-hydrogen) atoms. The van der Waals surface area contributed by atoms with Crippen molar-refractivity contribution in [3.63, 3.8) is 0 Å². The van der Waals surface area contributed by atoms with Crippen LogP contribution in [0.5, 0.6) is 5.75 Å². The van der Waals surface area contributed by atoms with Gasteiger partial charge in [0, 0.05) is 3.57 Å². The monoisotopic (exact) mass is 434 g/mol. The Bertz CT molecular complexity index is 798. The molecule has 0 saturated carbocycles. The maximum Gasteiger partial charge on any atom is 0.282 e. The first-order chi connectivity index (χ1) is 11.6. The van der Waals surface area contributed by atoms with E-state index >= 15 is 0 Å². The highest BCUT2D eigenvalue weighted by molar-refractivity contribution is 14.1. The lowest BCUT2D eigenvalue weighted by molar-refractivity contribution is -0.117. The molecule has 1 saturated heterocycles. The second-order valence-electron chi connectivity index (χ2n) is 5.12. The van der Waals surface area contributed by atoms with E-state index in [9.17, 15) is 9.59 Å². The highest BCUT2D eigenvalue weighted by Gasteiger charge is 2.34. The number of nitrogens with zero attached hydrogens (tertiary/aromatic N) is 1. The zero-order valence-corrected chi connectivity index (χ0v) is 15.1. The van der Waals surface area contributed by atoms with Crippen LogP contribution < -0.4 is 15.2 Å². The summed E-state index contributed by atoms with van der Waals surface area (Å²) in [6, 6.07) is 14.6. The van der Waals surface area contributed by atoms with Crippen molar-refractivity contribution >= 4 is 46.2 Å². The van der Waals surface area contributed by atoms with Crippen LogP contribution in [-0.4, -0.2) is 18.4 Å². The van der Waals surface area contributed by atoms with Crippen LogP contribution in [-0.2, 0) is 9.59 Å². The number of carbonyl (C=O) groups is 2. The minimum atomic E-state index is -0.410. The van der Waals surface area contributed by atoms with Crippen LogP contribution in [0.3, 0.4) is 0 Å². The minimum Gasteiger partial charge on any atom is -0.494 e. The molecule has 0 radical (unpaired) electrons. The molecule has 0 spiro atoms. The molecule has 2 aromatic rings. The third-order valence-electron chi connectivity index (χ3n) is 3.48. The van der Waals surface area contributed by atoms with Crippen LogP contribution in [0, 0.1) is 3.57 Å². The molecule has 1 fully saturated rings. The van der Waals surface area contributed by atoms with Gasteiger partial charge in [-0.2, -0.15) is 0 Å². The van der Waals surface area contributed by atoms with Gasteiger partial charge in [0.2, 0.25) is 0 Å². The Labute approximate surface area is 153 Å². The molecule has 1 N–H and O–H groups in total. The second kappa shape index (κ2) is 7.04. The van der Waals surface area contributed by atoms with Crippen molar-refractivity contribution in [2.24, 2.45) is 0 Å². The fraction of sp³-hybridized carbons (Fsp3) is 0.111. The summed E-state index contributed by atoms with van der Waals surface area (Å²) in [5, 5.41) is 1.26. The number of hydrogen-bond acceptors (Lipinski definition) is 3. The highest BCUT2D eigenvalue weighted by atomic mass is 127. The van der Waals surface area contributed by atoms with E-state index in [0.29, 0.717) is 12.3 Å². The van der Waals surface area contributed by atoms with E-state index in [1.165, 1.54) is 5.01 Å². The number of rotatable bonds is 4. The summed E-state index contributed by atoms with van der Waals surface area (Å²) in [4.78, 5) is 24.7. The largest absolute Gasteiger partial charge is 0.494 e. The molecule has 1 aliphatic heterocycles. The van der Waals surface area contributed by atoms with Crippen molar-refractivity contribution in [2.45, 2.75) is 6.92 Å². The first-order valence-corrected chi connectivity index (χ1v) is 8.52. The maximum absolute atomic E-state index is 12.5. The molecule has 6 heteroatoms. The number of amides is 2. The molecule has 0 aliphatic carbocycles. The number of halogens is 1. The van der Waals surface area contributed by atoms with E-state index in [2.05, 4.69) is 28.0 Å². The van der Waals surface area contributed by atoms with Gasteiger partial charge in [-0.25, -0.2) is 5.01 Å². The summed E-state index contributed by atoms with van der Waals surface area (Å²) < 4.78 is 6.44. The summed E-state index contributed by atoms with van der Waals surface area (Å²) in [6.45, 7) is 2.50. The van der Waals surface area contributed by atoms with Crippen LogP contribution in [0.1, 0.15) is 12.5 Å². The van der Waals surface area contributed by atoms with Gasteiger partial charge < -0.3 is 4.74 Å². The smallest absolute Gasteiger partial charge is 0.282 e. The van der Waals surface area contributed by atoms with E-state index in [0.717, 1.165) is 14.9 Å². The summed E-state index contributed by atoms with van der Waals surface area (Å²) in [7, 11) is 0. The third kappa shape index (κ3) is 3.43. The van der Waals surface area contributed by atoms with Gasteiger partial charge in [0.15, 0.2) is 0 Å². The number of hydrogen-bond donors (Lipinski definition) is 1. The zero-order chi connectivity index (χ0) is 17.1. The van der Waals surface area contributed by atoms with Gasteiger partial charge in [-0.05, 0) is 77.6 Å². The number of anilines is 1. The van der Waals surface area contributed by atoms with Crippen molar-refractivity contribution < 1.29 is 14.3 Å². The van der Waals surface area contributed by atoms with Crippen LogP contribution in [0.25, 0.3) is 6.08 Å². The average molecular weight is 434 g/mol. The molecule has 2 aromatic carbocycles. The van der Waals surface area contributed by atoms with Crippen molar-refractivity contribution in [2.75, 3.05) is 11.6 Å². The Morgan fingerprint density at radius 1 is 1.08 bits per heavy atom. The molecule has 122 valence electrons. The Balaban J connectivity index is 1.84. The molecule has 1 aliphatic rings. The van der Waals surface area contributed by atoms with Crippen molar-refractivity contribution in [3.8, 4) is 5.75 Å². The van der Waals surface area contributed by atoms with Crippen LogP contribution >= 0.6 is 22.6 Å². The summed E-state index contributed by atoms with van der Waals surface area (Å²) >= 11 is 2.18. The predicted molar refractivity (Wildman–Crippen MR) is 100 cm³/mol. The number of ether oxygens (including phenoxy) is 1. The van der Waals surface area contributed by atoms with Crippen LogP contribution in [0.2, 0.25) is 0 Å². The number of hydrazine groups is 1. The van der Waals surface area contributed by atoms with Crippen molar-refractivity contribution in [1.29, 1.82) is 0 Å². The average Bonchev–Trinajstić information content (AvgIpc) is 2.86. The fourth-order valence-corrected chi connectivity index (χ4v) is 2.68. The zero-order valence-electron chi connectivity index (χ0n) is 13.0. The molecule has 0 bridgehead atoms. The van der Waals surface area contributed by atoms with E-state index in [-0.39, 0.29) is 11.5 Å². The van der Waals surface area contributed by atoms with E-state index in [1.54, 1.807) is 18.2 Å². The topological polar surface area (TPSA) is 58.6 Å². The van der Waals surface area contributed by atoms with Gasteiger partial charge in [0.05, 0.1) is 12.3 Å². The van der Waals surface area contributed by atoms with Crippen molar-refractivity contribution in [1.82, 2.24) is 5.43 Å². The Morgan fingerprint density at radius 3 is 2.38 bits per heavy atom. The van der Waals surface area contributed by atoms with Gasteiger partial charge >= 0.3 is 0 Å². The van der Waals surface area contributed by atoms with Gasteiger partial charge in [-0.15, -0.1) is 0 Å². The fourth-order valence-electron chi connectivity index (χ4n) is 2.32. The third-order valence-corrected chi connectivity index (χ3v) is 4.20. The summed E-state index contributed by atoms with van der Waals surface area (Å²) in [6.07, 6.45) is 1.58. The van der Waals surface area contributed by atoms with Gasteiger partial charge in [-0.1, -0.05) is 12.1 Å². The Hall–Kier alpha value is -2.35. The van der Waals surface area contributed by atoms with E-state index in [4.69, 9.17) is 4.74 Å². The van der Waals surface area contributed by atoms with Crippen molar-refractivity contribution in [3.05, 3.63) is 63.2 Å². The van der Waals surface area contributed by atoms with E-state index < -0.39 is 5.91 Å². The van der Waals surface area contributed by atoms with Gasteiger partial charge in [0.1, 0.15) is 11.3 Å². The molecule has 0 aromatic heterocycles. The first-order valence-electron chi connectivity index (χ1n) is 7.44. The van der Waals surface area contributed by atoms with Crippen LogP contribution in [0.4, 0.5) is 5.69 Å². The second-order valence-corrected chi connectivity index (χ2v) is 6.36. The Morgan fingerprint density at radius 2 is 1.75 bits per heavy atom. The lowest BCUT2D eigenvalue weighted by Crippen LogP contribution is -2.35. The van der Waals surface area contributed by atoms with Crippen LogP contribution in [0.15, 0.2) is 54.1 Å². The SMILES string of the molecule is CCOc1ccc(/C=C2/C(=O)NN(c3ccc(I)cc3)C2=O)cc1. The molecular weight excluding hydrogens is 419 g/mol. The number of nitrogens with one attached hydrogen (secondary N) is 1. The van der Waals surface area contributed by atoms with Gasteiger partial charge in [0.25, 0.3) is 11.8 Å². The lowest BCUT2D eigenvalue weighted by Gasteiger charge is -2.14. The lowest BCUT2D eigenvalue weighted by atomic mass is 10.1. The summed E-state index contributed by atoms with van der Waals surface area (Å²) in [5.74, 6) is -0.0232. The summed E-state index contributed by atoms with van der Waals surface area (Å²) in [5.41, 5.74) is 4.09. The molecule has 5 nitrogen and oxygen atoms in total. The normalized spacial score (nSPS) is 15.8. The molecular formula is C18H15IN2O3. The maximum atomic E-state index is 12.5. The number of carbonyl (C=O) groups excluding carboxylic acids is 2. The highest BCUT2D eigenvalue weighted by Crippen LogP contribution is 2.23. The molecule has 3 rings (SSSR count). The number of benzene rings is 2. The minimum absolute atomic E-state index is 0.109. The predicted octanol–water partition coefficient (Wildman–Crippen LogP) is 3.15. The molecule has 1 heterocycles. The quantitative estimate of drug-likeness (QED) is 0.457. The van der Waals surface area contributed by atoms with Gasteiger partial charge in [-0.3, -0.25) is 15.0 Å². The molecule has 0 atom stereocenters. The first kappa shape index (κ1) is 16.5.